The summed E-state index contributed by atoms with van der Waals surface area (Å²) < 4.78 is 26.4. The lowest BCUT2D eigenvalue weighted by Gasteiger charge is -2.20. The van der Waals surface area contributed by atoms with Crippen LogP contribution in [0.25, 0.3) is 0 Å². The van der Waals surface area contributed by atoms with Crippen molar-refractivity contribution in [3.63, 3.8) is 0 Å². The van der Waals surface area contributed by atoms with Crippen molar-refractivity contribution in [3.05, 3.63) is 102 Å². The molecule has 138 valence electrons. The van der Waals surface area contributed by atoms with Crippen molar-refractivity contribution in [2.75, 3.05) is 5.32 Å². The Hall–Kier alpha value is -3.05. The summed E-state index contributed by atoms with van der Waals surface area (Å²) in [6.45, 7) is 1.79. The summed E-state index contributed by atoms with van der Waals surface area (Å²) in [5.41, 5.74) is 2.39. The summed E-state index contributed by atoms with van der Waals surface area (Å²) in [7, 11) is 0. The number of nitrogens with two attached hydrogens (primary N) is 1. The maximum Gasteiger partial charge on any atom is 0.282 e. The molecule has 1 atom stereocenters. The number of benzene rings is 3. The SMILES string of the molecule is C[C@@H]([NH2+]C(c1ccccc1)c1ccccc1)C(=O)Nc1ccc(F)c(F)c1. The standard InChI is InChI=1S/C22H20F2N2O/c1-15(22(27)26-18-12-13-19(23)20(24)14-18)25-21(16-8-4-2-5-9-16)17-10-6-3-7-11-17/h2-15,21,25H,1H3,(H,26,27)/p+1/t15-/m1/s1. The van der Waals surface area contributed by atoms with Crippen LogP contribution in [0.4, 0.5) is 14.5 Å². The molecule has 0 spiro atoms. The molecule has 0 radical (unpaired) electrons. The first-order valence-electron chi connectivity index (χ1n) is 8.75. The molecule has 0 aliphatic carbocycles. The van der Waals surface area contributed by atoms with Crippen LogP contribution in [0.15, 0.2) is 78.9 Å². The van der Waals surface area contributed by atoms with Gasteiger partial charge in [0.25, 0.3) is 5.91 Å². The fourth-order valence-corrected chi connectivity index (χ4v) is 2.94. The predicted molar refractivity (Wildman–Crippen MR) is 101 cm³/mol. The van der Waals surface area contributed by atoms with Gasteiger partial charge in [-0.15, -0.1) is 0 Å². The zero-order chi connectivity index (χ0) is 19.2. The molecule has 3 aromatic rings. The van der Waals surface area contributed by atoms with Gasteiger partial charge in [0, 0.05) is 22.9 Å². The number of nitrogens with one attached hydrogen (secondary N) is 1. The fourth-order valence-electron chi connectivity index (χ4n) is 2.94. The average molecular weight is 367 g/mol. The van der Waals surface area contributed by atoms with Crippen molar-refractivity contribution in [1.82, 2.24) is 0 Å². The van der Waals surface area contributed by atoms with Gasteiger partial charge in [0.05, 0.1) is 0 Å². The maximum atomic E-state index is 13.3. The highest BCUT2D eigenvalue weighted by atomic mass is 19.2. The van der Waals surface area contributed by atoms with Crippen LogP contribution in [0.5, 0.6) is 0 Å². The van der Waals surface area contributed by atoms with Crippen molar-refractivity contribution < 1.29 is 18.9 Å². The molecule has 3 aromatic carbocycles. The molecule has 0 aliphatic heterocycles. The second kappa shape index (κ2) is 8.56. The van der Waals surface area contributed by atoms with Crippen LogP contribution >= 0.6 is 0 Å². The maximum absolute atomic E-state index is 13.3. The molecule has 3 rings (SSSR count). The van der Waals surface area contributed by atoms with E-state index in [1.807, 2.05) is 66.0 Å². The van der Waals surface area contributed by atoms with Gasteiger partial charge in [0.2, 0.25) is 0 Å². The van der Waals surface area contributed by atoms with Gasteiger partial charge in [-0.3, -0.25) is 4.79 Å². The van der Waals surface area contributed by atoms with E-state index >= 15 is 0 Å². The third-order valence-corrected chi connectivity index (χ3v) is 4.40. The summed E-state index contributed by atoms with van der Waals surface area (Å²) in [6, 6.07) is 22.7. The zero-order valence-electron chi connectivity index (χ0n) is 14.9. The van der Waals surface area contributed by atoms with E-state index in [0.29, 0.717) is 0 Å². The van der Waals surface area contributed by atoms with Gasteiger partial charge in [-0.25, -0.2) is 8.78 Å². The van der Waals surface area contributed by atoms with E-state index in [9.17, 15) is 13.6 Å². The lowest BCUT2D eigenvalue weighted by atomic mass is 9.98. The van der Waals surface area contributed by atoms with E-state index < -0.39 is 17.7 Å². The van der Waals surface area contributed by atoms with Gasteiger partial charge in [-0.2, -0.15) is 0 Å². The number of rotatable bonds is 6. The van der Waals surface area contributed by atoms with Crippen LogP contribution in [0, 0.1) is 11.6 Å². The van der Waals surface area contributed by atoms with Crippen molar-refractivity contribution >= 4 is 11.6 Å². The zero-order valence-corrected chi connectivity index (χ0v) is 14.9. The fraction of sp³-hybridized carbons (Fsp3) is 0.136. The highest BCUT2D eigenvalue weighted by Crippen LogP contribution is 2.18. The molecule has 5 heteroatoms. The monoisotopic (exact) mass is 367 g/mol. The molecule has 0 unspecified atom stereocenters. The molecule has 0 bridgehead atoms. The van der Waals surface area contributed by atoms with Gasteiger partial charge in [-0.1, -0.05) is 60.7 Å². The van der Waals surface area contributed by atoms with Gasteiger partial charge in [0.1, 0.15) is 6.04 Å². The normalized spacial score (nSPS) is 12.0. The molecular weight excluding hydrogens is 346 g/mol. The number of amides is 1. The van der Waals surface area contributed by atoms with E-state index in [4.69, 9.17) is 0 Å². The quantitative estimate of drug-likeness (QED) is 0.686. The highest BCUT2D eigenvalue weighted by Gasteiger charge is 2.24. The Morgan fingerprint density at radius 2 is 1.41 bits per heavy atom. The first-order valence-corrected chi connectivity index (χ1v) is 8.75. The van der Waals surface area contributed by atoms with E-state index in [-0.39, 0.29) is 17.6 Å². The Bertz CT molecular complexity index is 861. The second-order valence-electron chi connectivity index (χ2n) is 6.40. The Labute approximate surface area is 157 Å². The van der Waals surface area contributed by atoms with Crippen LogP contribution in [-0.2, 0) is 4.79 Å². The summed E-state index contributed by atoms with van der Waals surface area (Å²) >= 11 is 0. The first kappa shape index (κ1) is 18.7. The predicted octanol–water partition coefficient (Wildman–Crippen LogP) is 3.64. The number of hydrogen-bond donors (Lipinski definition) is 2. The number of halogens is 2. The first-order chi connectivity index (χ1) is 13.0. The van der Waals surface area contributed by atoms with Crippen molar-refractivity contribution in [1.29, 1.82) is 0 Å². The average Bonchev–Trinajstić information content (AvgIpc) is 2.70. The Morgan fingerprint density at radius 3 is 1.93 bits per heavy atom. The van der Waals surface area contributed by atoms with E-state index in [1.54, 1.807) is 6.92 Å². The van der Waals surface area contributed by atoms with E-state index in [0.717, 1.165) is 23.3 Å². The summed E-state index contributed by atoms with van der Waals surface area (Å²) in [6.07, 6.45) is 0. The number of carbonyl (C=O) groups excluding carboxylic acids is 1. The Kier molecular flexibility index (Phi) is 5.94. The van der Waals surface area contributed by atoms with E-state index in [2.05, 4.69) is 5.32 Å². The second-order valence-corrected chi connectivity index (χ2v) is 6.40. The van der Waals surface area contributed by atoms with Crippen LogP contribution < -0.4 is 10.6 Å². The largest absolute Gasteiger partial charge is 0.326 e. The topological polar surface area (TPSA) is 45.7 Å². The summed E-state index contributed by atoms with van der Waals surface area (Å²) in [4.78, 5) is 12.5. The number of hydrogen-bond acceptors (Lipinski definition) is 1. The Balaban J connectivity index is 1.76. The molecular formula is C22H21F2N2O+. The molecule has 1 amide bonds. The van der Waals surface area contributed by atoms with Crippen LogP contribution in [0.2, 0.25) is 0 Å². The molecule has 27 heavy (non-hydrogen) atoms. The van der Waals surface area contributed by atoms with Gasteiger partial charge in [-0.05, 0) is 19.1 Å². The van der Waals surface area contributed by atoms with Crippen molar-refractivity contribution in [2.24, 2.45) is 0 Å². The van der Waals surface area contributed by atoms with Gasteiger partial charge < -0.3 is 10.6 Å². The summed E-state index contributed by atoms with van der Waals surface area (Å²) in [5, 5.41) is 4.60. The molecule has 0 aliphatic rings. The number of anilines is 1. The number of carbonyl (C=O) groups is 1. The molecule has 3 N–H and O–H groups in total. The third-order valence-electron chi connectivity index (χ3n) is 4.40. The smallest absolute Gasteiger partial charge is 0.282 e. The third kappa shape index (κ3) is 4.77. The molecule has 3 nitrogen and oxygen atoms in total. The molecule has 0 saturated carbocycles. The van der Waals surface area contributed by atoms with Crippen molar-refractivity contribution in [3.8, 4) is 0 Å². The lowest BCUT2D eigenvalue weighted by molar-refractivity contribution is -0.704. The molecule has 0 aromatic heterocycles. The molecule has 0 heterocycles. The van der Waals surface area contributed by atoms with E-state index in [1.165, 1.54) is 6.07 Å². The minimum absolute atomic E-state index is 0.0573. The van der Waals surface area contributed by atoms with Gasteiger partial charge >= 0.3 is 0 Å². The van der Waals surface area contributed by atoms with Crippen LogP contribution in [-0.4, -0.2) is 11.9 Å². The Morgan fingerprint density at radius 1 is 0.852 bits per heavy atom. The number of quaternary nitrogens is 1. The summed E-state index contributed by atoms with van der Waals surface area (Å²) in [5.74, 6) is -2.21. The van der Waals surface area contributed by atoms with Crippen molar-refractivity contribution in [2.45, 2.75) is 19.0 Å². The van der Waals surface area contributed by atoms with Crippen LogP contribution in [0.1, 0.15) is 24.1 Å². The minimum atomic E-state index is -0.990. The molecule has 0 saturated heterocycles. The lowest BCUT2D eigenvalue weighted by Crippen LogP contribution is -2.92. The highest BCUT2D eigenvalue weighted by molar-refractivity contribution is 5.93. The van der Waals surface area contributed by atoms with Crippen LogP contribution in [0.3, 0.4) is 0 Å². The minimum Gasteiger partial charge on any atom is -0.326 e. The molecule has 0 fully saturated rings. The van der Waals surface area contributed by atoms with Gasteiger partial charge in [0.15, 0.2) is 17.7 Å².